The van der Waals surface area contributed by atoms with Crippen LogP contribution in [-0.2, 0) is 0 Å². The lowest BCUT2D eigenvalue weighted by molar-refractivity contribution is 0.191. The molecule has 18 heavy (non-hydrogen) atoms. The Labute approximate surface area is 116 Å². The minimum absolute atomic E-state index is 0.0926. The third-order valence-corrected chi connectivity index (χ3v) is 4.33. The normalized spacial score (nSPS) is 26.0. The molecule has 0 bridgehead atoms. The van der Waals surface area contributed by atoms with Crippen LogP contribution < -0.4 is 5.73 Å². The fourth-order valence-corrected chi connectivity index (χ4v) is 3.28. The summed E-state index contributed by atoms with van der Waals surface area (Å²) in [7, 11) is 2.07. The SMILES string of the molecule is CN1CCCCC(CN)C1c1cc(Br)ccc1F. The summed E-state index contributed by atoms with van der Waals surface area (Å²) >= 11 is 3.43. The Bertz CT molecular complexity index is 411. The van der Waals surface area contributed by atoms with Crippen molar-refractivity contribution in [2.24, 2.45) is 11.7 Å². The van der Waals surface area contributed by atoms with E-state index in [9.17, 15) is 4.39 Å². The molecule has 1 saturated heterocycles. The Kier molecular flexibility index (Phi) is 4.76. The minimum atomic E-state index is -0.129. The third-order valence-electron chi connectivity index (χ3n) is 3.84. The van der Waals surface area contributed by atoms with Crippen LogP contribution in [0.1, 0.15) is 30.9 Å². The van der Waals surface area contributed by atoms with Crippen molar-refractivity contribution >= 4 is 15.9 Å². The van der Waals surface area contributed by atoms with Crippen molar-refractivity contribution in [2.75, 3.05) is 20.1 Å². The van der Waals surface area contributed by atoms with Crippen molar-refractivity contribution in [2.45, 2.75) is 25.3 Å². The van der Waals surface area contributed by atoms with Gasteiger partial charge in [0.1, 0.15) is 5.82 Å². The topological polar surface area (TPSA) is 29.3 Å². The Hall–Kier alpha value is -0.450. The van der Waals surface area contributed by atoms with Gasteiger partial charge in [-0.3, -0.25) is 4.90 Å². The largest absolute Gasteiger partial charge is 0.330 e. The minimum Gasteiger partial charge on any atom is -0.330 e. The average molecular weight is 315 g/mol. The van der Waals surface area contributed by atoms with Gasteiger partial charge in [0.25, 0.3) is 0 Å². The lowest BCUT2D eigenvalue weighted by atomic mass is 9.89. The summed E-state index contributed by atoms with van der Waals surface area (Å²) in [6.45, 7) is 1.62. The number of hydrogen-bond donors (Lipinski definition) is 1. The highest BCUT2D eigenvalue weighted by atomic mass is 79.9. The van der Waals surface area contributed by atoms with Crippen molar-refractivity contribution < 1.29 is 4.39 Å². The van der Waals surface area contributed by atoms with Gasteiger partial charge in [-0.15, -0.1) is 0 Å². The molecule has 0 radical (unpaired) electrons. The first-order valence-electron chi connectivity index (χ1n) is 6.48. The van der Waals surface area contributed by atoms with E-state index >= 15 is 0 Å². The van der Waals surface area contributed by atoms with Gasteiger partial charge in [-0.1, -0.05) is 22.4 Å². The van der Waals surface area contributed by atoms with Crippen LogP contribution in [0.3, 0.4) is 0 Å². The molecule has 1 fully saturated rings. The van der Waals surface area contributed by atoms with E-state index in [1.807, 2.05) is 6.07 Å². The van der Waals surface area contributed by atoms with Crippen molar-refractivity contribution in [1.82, 2.24) is 4.90 Å². The molecule has 2 N–H and O–H groups in total. The van der Waals surface area contributed by atoms with E-state index < -0.39 is 0 Å². The fraction of sp³-hybridized carbons (Fsp3) is 0.571. The first-order valence-corrected chi connectivity index (χ1v) is 7.28. The molecule has 0 spiro atoms. The zero-order chi connectivity index (χ0) is 13.1. The summed E-state index contributed by atoms with van der Waals surface area (Å²) < 4.78 is 15.0. The lowest BCUT2D eigenvalue weighted by Gasteiger charge is -2.32. The van der Waals surface area contributed by atoms with Crippen molar-refractivity contribution in [3.8, 4) is 0 Å². The second-order valence-electron chi connectivity index (χ2n) is 5.08. The summed E-state index contributed by atoms with van der Waals surface area (Å²) in [6, 6.07) is 5.26. The van der Waals surface area contributed by atoms with Gasteiger partial charge in [-0.2, -0.15) is 0 Å². The smallest absolute Gasteiger partial charge is 0.128 e. The standard InChI is InChI=1S/C14H20BrFN2/c1-18-7-3-2-4-10(9-17)14(18)12-8-11(15)5-6-13(12)16/h5-6,8,10,14H,2-4,7,9,17H2,1H3. The van der Waals surface area contributed by atoms with Crippen LogP contribution in [0.5, 0.6) is 0 Å². The predicted molar refractivity (Wildman–Crippen MR) is 75.9 cm³/mol. The molecule has 0 aliphatic carbocycles. The molecule has 2 nitrogen and oxygen atoms in total. The molecule has 1 aliphatic rings. The molecular formula is C14H20BrFN2. The molecule has 2 unspecified atom stereocenters. The van der Waals surface area contributed by atoms with E-state index in [2.05, 4.69) is 27.9 Å². The molecule has 1 heterocycles. The quantitative estimate of drug-likeness (QED) is 0.907. The van der Waals surface area contributed by atoms with E-state index in [1.54, 1.807) is 6.07 Å². The van der Waals surface area contributed by atoms with Crippen LogP contribution in [0.4, 0.5) is 4.39 Å². The van der Waals surface area contributed by atoms with Crippen LogP contribution in [-0.4, -0.2) is 25.0 Å². The fourth-order valence-electron chi connectivity index (χ4n) is 2.90. The van der Waals surface area contributed by atoms with Crippen LogP contribution in [0.25, 0.3) is 0 Å². The van der Waals surface area contributed by atoms with Gasteiger partial charge < -0.3 is 5.73 Å². The number of rotatable bonds is 2. The van der Waals surface area contributed by atoms with E-state index in [0.29, 0.717) is 12.5 Å². The summed E-state index contributed by atoms with van der Waals surface area (Å²) in [5.74, 6) is 0.205. The molecular weight excluding hydrogens is 295 g/mol. The van der Waals surface area contributed by atoms with Gasteiger partial charge in [0.2, 0.25) is 0 Å². The monoisotopic (exact) mass is 314 g/mol. The molecule has 0 amide bonds. The number of halogens is 2. The zero-order valence-electron chi connectivity index (χ0n) is 10.7. The predicted octanol–water partition coefficient (Wildman–Crippen LogP) is 3.32. The van der Waals surface area contributed by atoms with Gasteiger partial charge >= 0.3 is 0 Å². The maximum atomic E-state index is 14.1. The summed E-state index contributed by atoms with van der Waals surface area (Å²) in [5, 5.41) is 0. The van der Waals surface area contributed by atoms with Crippen molar-refractivity contribution in [3.63, 3.8) is 0 Å². The Balaban J connectivity index is 2.39. The van der Waals surface area contributed by atoms with Gasteiger partial charge in [-0.25, -0.2) is 4.39 Å². The number of likely N-dealkylation sites (tertiary alicyclic amines) is 1. The first-order chi connectivity index (χ1) is 8.63. The van der Waals surface area contributed by atoms with Gasteiger partial charge in [0.15, 0.2) is 0 Å². The maximum Gasteiger partial charge on any atom is 0.128 e. The van der Waals surface area contributed by atoms with Gasteiger partial charge in [0.05, 0.1) is 0 Å². The zero-order valence-corrected chi connectivity index (χ0v) is 12.3. The number of nitrogens with zero attached hydrogens (tertiary/aromatic N) is 1. The number of nitrogens with two attached hydrogens (primary N) is 1. The van der Waals surface area contributed by atoms with Crippen LogP contribution >= 0.6 is 15.9 Å². The first kappa shape index (κ1) is 14.0. The highest BCUT2D eigenvalue weighted by Crippen LogP contribution is 2.35. The molecule has 1 aromatic rings. The van der Waals surface area contributed by atoms with Crippen LogP contribution in [0.15, 0.2) is 22.7 Å². The maximum absolute atomic E-state index is 14.1. The third kappa shape index (κ3) is 2.92. The van der Waals surface area contributed by atoms with Crippen molar-refractivity contribution in [1.29, 1.82) is 0 Å². The van der Waals surface area contributed by atoms with Crippen LogP contribution in [0, 0.1) is 11.7 Å². The van der Waals surface area contributed by atoms with Gasteiger partial charge in [-0.05, 0) is 57.1 Å². The highest BCUT2D eigenvalue weighted by molar-refractivity contribution is 9.10. The summed E-state index contributed by atoms with van der Waals surface area (Å²) in [4.78, 5) is 2.25. The van der Waals surface area contributed by atoms with E-state index in [4.69, 9.17) is 5.73 Å². The molecule has 4 heteroatoms. The molecule has 0 aromatic heterocycles. The molecule has 100 valence electrons. The molecule has 1 aromatic carbocycles. The molecule has 1 aliphatic heterocycles. The molecule has 2 atom stereocenters. The Morgan fingerprint density at radius 3 is 2.94 bits per heavy atom. The van der Waals surface area contributed by atoms with Crippen LogP contribution in [0.2, 0.25) is 0 Å². The summed E-state index contributed by atoms with van der Waals surface area (Å²) in [6.07, 6.45) is 3.43. The van der Waals surface area contributed by atoms with E-state index in [0.717, 1.165) is 23.0 Å². The number of hydrogen-bond acceptors (Lipinski definition) is 2. The second kappa shape index (κ2) is 6.13. The molecule has 0 saturated carbocycles. The van der Waals surface area contributed by atoms with E-state index in [1.165, 1.54) is 18.9 Å². The lowest BCUT2D eigenvalue weighted by Crippen LogP contribution is -2.33. The Morgan fingerprint density at radius 2 is 2.22 bits per heavy atom. The summed E-state index contributed by atoms with van der Waals surface area (Å²) in [5.41, 5.74) is 6.66. The van der Waals surface area contributed by atoms with Gasteiger partial charge in [0, 0.05) is 16.1 Å². The van der Waals surface area contributed by atoms with Crippen molar-refractivity contribution in [3.05, 3.63) is 34.1 Å². The average Bonchev–Trinajstić information content (AvgIpc) is 2.54. The molecule has 2 rings (SSSR count). The number of benzene rings is 1. The Morgan fingerprint density at radius 1 is 1.44 bits per heavy atom. The second-order valence-corrected chi connectivity index (χ2v) is 6.00. The highest BCUT2D eigenvalue weighted by Gasteiger charge is 2.30. The van der Waals surface area contributed by atoms with E-state index in [-0.39, 0.29) is 11.9 Å².